The van der Waals surface area contributed by atoms with Gasteiger partial charge in [-0.25, -0.2) is 4.39 Å². The van der Waals surface area contributed by atoms with Crippen LogP contribution >= 0.6 is 23.2 Å². The highest BCUT2D eigenvalue weighted by Crippen LogP contribution is 2.37. The molecule has 0 saturated carbocycles. The van der Waals surface area contributed by atoms with E-state index in [1.165, 1.54) is 6.07 Å². The Morgan fingerprint density at radius 1 is 0.971 bits per heavy atom. The van der Waals surface area contributed by atoms with Crippen molar-refractivity contribution in [2.75, 3.05) is 19.6 Å². The molecule has 0 radical (unpaired) electrons. The first-order valence-corrected chi connectivity index (χ1v) is 12.9. The maximum Gasteiger partial charge on any atom is 0.126 e. The van der Waals surface area contributed by atoms with Crippen molar-refractivity contribution in [2.45, 2.75) is 51.2 Å². The number of allylic oxidation sites excluding steroid dienone is 4. The Hall–Kier alpha value is -1.91. The Kier molecular flexibility index (Phi) is 10.4. The minimum absolute atomic E-state index is 0.123. The van der Waals surface area contributed by atoms with Gasteiger partial charge in [0.2, 0.25) is 0 Å². The Balaban J connectivity index is 0.00000158. The summed E-state index contributed by atoms with van der Waals surface area (Å²) in [7, 11) is 0. The molecule has 182 valence electrons. The fraction of sp³-hybridized carbons (Fsp3) is 0.379. The summed E-state index contributed by atoms with van der Waals surface area (Å²) in [5.41, 5.74) is 1.41. The number of rotatable bonds is 4. The summed E-state index contributed by atoms with van der Waals surface area (Å²) in [5.74, 6) is -0.123. The van der Waals surface area contributed by atoms with Gasteiger partial charge in [-0.05, 0) is 61.1 Å². The fourth-order valence-corrected chi connectivity index (χ4v) is 4.94. The lowest BCUT2D eigenvalue weighted by Gasteiger charge is -2.42. The molecular formula is C29H34Cl2FNO. The van der Waals surface area contributed by atoms with E-state index >= 15 is 0 Å². The van der Waals surface area contributed by atoms with E-state index in [9.17, 15) is 4.39 Å². The van der Waals surface area contributed by atoms with E-state index in [0.29, 0.717) is 16.5 Å². The zero-order valence-corrected chi connectivity index (χ0v) is 21.5. The lowest BCUT2D eigenvalue weighted by Crippen LogP contribution is -2.46. The van der Waals surface area contributed by atoms with E-state index < -0.39 is 0 Å². The number of likely N-dealkylation sites (tertiary alicyclic amines) is 1. The van der Waals surface area contributed by atoms with Crippen LogP contribution in [0.5, 0.6) is 0 Å². The number of ether oxygens (including phenoxy) is 1. The zero-order chi connectivity index (χ0) is 24.4. The molecule has 2 nitrogen and oxygen atoms in total. The molecule has 5 heteroatoms. The minimum atomic E-state index is -0.358. The van der Waals surface area contributed by atoms with E-state index in [1.807, 2.05) is 56.3 Å². The van der Waals surface area contributed by atoms with Crippen LogP contribution in [0.15, 0.2) is 78.9 Å². The number of hydrogen-bond donors (Lipinski definition) is 0. The average Bonchev–Trinajstić information content (AvgIpc) is 2.84. The minimum Gasteiger partial charge on any atom is -0.363 e. The van der Waals surface area contributed by atoms with Crippen LogP contribution in [0.1, 0.15) is 50.3 Å². The predicted octanol–water partition coefficient (Wildman–Crippen LogP) is 8.37. The van der Waals surface area contributed by atoms with Crippen molar-refractivity contribution in [3.05, 3.63) is 106 Å². The van der Waals surface area contributed by atoms with E-state index in [1.54, 1.807) is 12.1 Å². The first-order valence-electron chi connectivity index (χ1n) is 12.1. The summed E-state index contributed by atoms with van der Waals surface area (Å²) in [6.07, 6.45) is 15.6. The number of piperidine rings is 1. The predicted molar refractivity (Wildman–Crippen MR) is 142 cm³/mol. The first kappa shape index (κ1) is 26.7. The third-order valence-corrected chi connectivity index (χ3v) is 6.65. The third kappa shape index (κ3) is 7.55. The van der Waals surface area contributed by atoms with Gasteiger partial charge in [0.25, 0.3) is 0 Å². The topological polar surface area (TPSA) is 12.5 Å². The smallest absolute Gasteiger partial charge is 0.126 e. The Morgan fingerprint density at radius 3 is 2.35 bits per heavy atom. The third-order valence-electron chi connectivity index (χ3n) is 6.21. The Bertz CT molecular complexity index is 989. The second kappa shape index (κ2) is 13.3. The summed E-state index contributed by atoms with van der Waals surface area (Å²) in [6, 6.07) is 12.7. The molecule has 0 amide bonds. The van der Waals surface area contributed by atoms with Crippen molar-refractivity contribution in [3.8, 4) is 0 Å². The SMILES string of the molecule is CC.Fc1ccccc1CCN1CCC2(/C=C/C=C\C=C\CC(c3cc(Cl)cc(Cl)c3)O2)CC1. The molecular weight excluding hydrogens is 468 g/mol. The molecule has 2 aliphatic rings. The molecule has 2 heterocycles. The van der Waals surface area contributed by atoms with Crippen molar-refractivity contribution >= 4 is 23.2 Å². The molecule has 1 atom stereocenters. The highest BCUT2D eigenvalue weighted by Gasteiger charge is 2.36. The standard InChI is InChI=1S/C27H28Cl2FNO.C2H6/c28-23-18-22(19-24(29)20-23)26-10-4-2-1-3-7-12-27(32-26)13-16-31(17-14-27)15-11-21-8-5-6-9-25(21)30;1-2/h1-9,12,18-20,26H,10-11,13-17H2;1-2H3/b3-1-,4-2+,12-7+;. The molecule has 1 fully saturated rings. The molecule has 1 saturated heterocycles. The molecule has 0 N–H and O–H groups in total. The fourth-order valence-electron chi connectivity index (χ4n) is 4.40. The van der Waals surface area contributed by atoms with Gasteiger partial charge in [-0.15, -0.1) is 0 Å². The van der Waals surface area contributed by atoms with Gasteiger partial charge in [0, 0.05) is 29.7 Å². The second-order valence-electron chi connectivity index (χ2n) is 8.46. The number of halogens is 3. The van der Waals surface area contributed by atoms with E-state index in [2.05, 4.69) is 23.1 Å². The molecule has 1 spiro atoms. The molecule has 34 heavy (non-hydrogen) atoms. The van der Waals surface area contributed by atoms with E-state index in [0.717, 1.165) is 50.0 Å². The van der Waals surface area contributed by atoms with Crippen LogP contribution < -0.4 is 0 Å². The van der Waals surface area contributed by atoms with Gasteiger partial charge in [0.05, 0.1) is 11.7 Å². The molecule has 2 aliphatic heterocycles. The Labute approximate surface area is 213 Å². The van der Waals surface area contributed by atoms with Crippen LogP contribution in [0, 0.1) is 5.82 Å². The summed E-state index contributed by atoms with van der Waals surface area (Å²) in [5, 5.41) is 1.23. The maximum atomic E-state index is 14.0. The zero-order valence-electron chi connectivity index (χ0n) is 20.0. The maximum absolute atomic E-state index is 14.0. The summed E-state index contributed by atoms with van der Waals surface area (Å²) in [4.78, 5) is 2.40. The van der Waals surface area contributed by atoms with Gasteiger partial charge in [-0.3, -0.25) is 0 Å². The molecule has 0 bridgehead atoms. The van der Waals surface area contributed by atoms with Crippen molar-refractivity contribution < 1.29 is 9.13 Å². The van der Waals surface area contributed by atoms with Crippen LogP contribution in [0.25, 0.3) is 0 Å². The Morgan fingerprint density at radius 2 is 1.65 bits per heavy atom. The van der Waals surface area contributed by atoms with Gasteiger partial charge in [0.15, 0.2) is 0 Å². The largest absolute Gasteiger partial charge is 0.363 e. The molecule has 4 rings (SSSR count). The monoisotopic (exact) mass is 501 g/mol. The molecule has 2 aromatic carbocycles. The van der Waals surface area contributed by atoms with Crippen molar-refractivity contribution in [2.24, 2.45) is 0 Å². The molecule has 2 aromatic rings. The van der Waals surface area contributed by atoms with Crippen LogP contribution in [0.3, 0.4) is 0 Å². The molecule has 1 unspecified atom stereocenters. The molecule has 0 aliphatic carbocycles. The summed E-state index contributed by atoms with van der Waals surface area (Å²) in [6.45, 7) is 6.65. The first-order chi connectivity index (χ1) is 16.5. The molecule has 0 aromatic heterocycles. The van der Waals surface area contributed by atoms with Crippen molar-refractivity contribution in [1.29, 1.82) is 0 Å². The van der Waals surface area contributed by atoms with Crippen molar-refractivity contribution in [3.63, 3.8) is 0 Å². The highest BCUT2D eigenvalue weighted by molar-refractivity contribution is 6.34. The number of benzene rings is 2. The lowest BCUT2D eigenvalue weighted by atomic mass is 9.89. The quantitative estimate of drug-likeness (QED) is 0.417. The summed E-state index contributed by atoms with van der Waals surface area (Å²) < 4.78 is 20.8. The lowest BCUT2D eigenvalue weighted by molar-refractivity contribution is -0.0942. The van der Waals surface area contributed by atoms with Gasteiger partial charge < -0.3 is 9.64 Å². The number of nitrogens with zero attached hydrogens (tertiary/aromatic N) is 1. The second-order valence-corrected chi connectivity index (χ2v) is 9.34. The van der Waals surface area contributed by atoms with E-state index in [-0.39, 0.29) is 17.5 Å². The van der Waals surface area contributed by atoms with Crippen molar-refractivity contribution in [1.82, 2.24) is 4.90 Å². The van der Waals surface area contributed by atoms with Crippen LogP contribution in [-0.4, -0.2) is 30.1 Å². The number of hydrogen-bond acceptors (Lipinski definition) is 2. The van der Waals surface area contributed by atoms with E-state index in [4.69, 9.17) is 27.9 Å². The van der Waals surface area contributed by atoms with Crippen LogP contribution in [0.2, 0.25) is 10.0 Å². The van der Waals surface area contributed by atoms with Crippen LogP contribution in [-0.2, 0) is 11.2 Å². The highest BCUT2D eigenvalue weighted by atomic mass is 35.5. The van der Waals surface area contributed by atoms with Gasteiger partial charge >= 0.3 is 0 Å². The average molecular weight is 503 g/mol. The normalized spacial score (nSPS) is 22.9. The summed E-state index contributed by atoms with van der Waals surface area (Å²) >= 11 is 12.6. The van der Waals surface area contributed by atoms with Gasteiger partial charge in [-0.2, -0.15) is 0 Å². The van der Waals surface area contributed by atoms with Gasteiger partial charge in [-0.1, -0.05) is 91.7 Å². The van der Waals surface area contributed by atoms with Crippen LogP contribution in [0.4, 0.5) is 4.39 Å². The van der Waals surface area contributed by atoms with Gasteiger partial charge in [0.1, 0.15) is 5.82 Å².